The Morgan fingerprint density at radius 3 is 1.77 bits per heavy atom. The Morgan fingerprint density at radius 2 is 1.40 bits per heavy atom. The molecule has 170 valence electrons. The molecule has 0 fully saturated rings. The van der Waals surface area contributed by atoms with Gasteiger partial charge in [-0.3, -0.25) is 9.35 Å². The van der Waals surface area contributed by atoms with Crippen molar-refractivity contribution in [1.82, 2.24) is 0 Å². The zero-order chi connectivity index (χ0) is 22.7. The van der Waals surface area contributed by atoms with Crippen LogP contribution in [0.3, 0.4) is 0 Å². The first-order valence-corrected chi connectivity index (χ1v) is 10.7. The van der Waals surface area contributed by atoms with Gasteiger partial charge in [-0.2, -0.15) is 8.42 Å². The maximum Gasteiger partial charge on any atom is 2.00 e. The summed E-state index contributed by atoms with van der Waals surface area (Å²) in [6, 6.07) is 0. The summed E-state index contributed by atoms with van der Waals surface area (Å²) in [7, 11) is -4.58. The second-order valence-electron chi connectivity index (χ2n) is 6.94. The van der Waals surface area contributed by atoms with Crippen LogP contribution in [0.2, 0.25) is 0 Å². The van der Waals surface area contributed by atoms with Crippen LogP contribution in [0.5, 0.6) is 0 Å². The van der Waals surface area contributed by atoms with E-state index in [4.69, 9.17) is 18.8 Å². The molecule has 0 radical (unpaired) electrons. The van der Waals surface area contributed by atoms with Crippen molar-refractivity contribution in [3.63, 3.8) is 0 Å². The minimum atomic E-state index is -4.58. The van der Waals surface area contributed by atoms with Crippen LogP contribution in [0, 0.1) is 5.41 Å². The number of hydrogen-bond donors (Lipinski definition) is 1. The van der Waals surface area contributed by atoms with Crippen molar-refractivity contribution in [2.75, 3.05) is 19.2 Å². The monoisotopic (exact) mass is 476 g/mol. The second kappa shape index (κ2) is 15.0. The standard InChI is InChI=1S/C19H30O9S.Ca.2H/c1-6-7-8-9-10-19(11-26-16(20)14(2)3,12-27-17(21)15(4)5)18(22)28-13-29(23,24)25;;;/h2,4,6-13H2,1,3,5H3,(H,23,24,25);;;/q;+2;2*-1. The average Bonchev–Trinajstić information content (AvgIpc) is 2.63. The third-order valence-corrected chi connectivity index (χ3v) is 4.35. The summed E-state index contributed by atoms with van der Waals surface area (Å²) in [5, 5.41) is 0. The third kappa shape index (κ3) is 12.7. The van der Waals surface area contributed by atoms with E-state index in [9.17, 15) is 22.8 Å². The molecule has 0 amide bonds. The number of esters is 3. The minimum Gasteiger partial charge on any atom is -1.00 e. The summed E-state index contributed by atoms with van der Waals surface area (Å²) in [5.74, 6) is -3.88. The van der Waals surface area contributed by atoms with E-state index in [1.54, 1.807) is 0 Å². The summed E-state index contributed by atoms with van der Waals surface area (Å²) in [4.78, 5) is 36.4. The zero-order valence-corrected chi connectivity index (χ0v) is 20.9. The quantitative estimate of drug-likeness (QED) is 0.100. The molecule has 0 aliphatic heterocycles. The van der Waals surface area contributed by atoms with E-state index in [2.05, 4.69) is 13.2 Å². The van der Waals surface area contributed by atoms with Crippen molar-refractivity contribution in [2.24, 2.45) is 5.41 Å². The maximum absolute atomic E-state index is 12.7. The molecule has 0 spiro atoms. The average molecular weight is 477 g/mol. The normalized spacial score (nSPS) is 11.1. The fraction of sp³-hybridized carbons (Fsp3) is 0.632. The molecular formula is C19H32CaO9S. The van der Waals surface area contributed by atoms with Gasteiger partial charge in [0.05, 0.1) is 0 Å². The van der Waals surface area contributed by atoms with Gasteiger partial charge in [0.15, 0.2) is 0 Å². The number of hydrogen-bond acceptors (Lipinski definition) is 8. The minimum absolute atomic E-state index is 0. The Hall–Kier alpha value is -0.940. The number of carbonyl (C=O) groups is 3. The van der Waals surface area contributed by atoms with Gasteiger partial charge in [0, 0.05) is 11.1 Å². The van der Waals surface area contributed by atoms with Gasteiger partial charge in [-0.1, -0.05) is 45.8 Å². The Morgan fingerprint density at radius 1 is 0.933 bits per heavy atom. The smallest absolute Gasteiger partial charge is 1.00 e. The summed E-state index contributed by atoms with van der Waals surface area (Å²) >= 11 is 0. The number of carbonyl (C=O) groups excluding carboxylic acids is 3. The van der Waals surface area contributed by atoms with Crippen LogP contribution in [0.4, 0.5) is 0 Å². The van der Waals surface area contributed by atoms with Crippen LogP contribution in [-0.2, 0) is 38.7 Å². The van der Waals surface area contributed by atoms with Crippen molar-refractivity contribution in [3.8, 4) is 0 Å². The van der Waals surface area contributed by atoms with Crippen LogP contribution < -0.4 is 0 Å². The topological polar surface area (TPSA) is 133 Å². The molecule has 0 aromatic rings. The van der Waals surface area contributed by atoms with Gasteiger partial charge in [-0.15, -0.1) is 0 Å². The van der Waals surface area contributed by atoms with Crippen LogP contribution >= 0.6 is 0 Å². The second-order valence-corrected chi connectivity index (χ2v) is 8.34. The maximum atomic E-state index is 12.7. The molecule has 0 aliphatic carbocycles. The molecule has 0 rings (SSSR count). The Balaban J connectivity index is -0.00000131. The molecular weight excluding hydrogens is 444 g/mol. The molecule has 0 saturated carbocycles. The largest absolute Gasteiger partial charge is 2.00 e. The first-order valence-electron chi connectivity index (χ1n) is 9.12. The summed E-state index contributed by atoms with van der Waals surface area (Å²) in [6.07, 6.45) is 3.16. The predicted octanol–water partition coefficient (Wildman–Crippen LogP) is 2.41. The molecule has 0 saturated heterocycles. The van der Waals surface area contributed by atoms with Crippen LogP contribution in [-0.4, -0.2) is 87.8 Å². The van der Waals surface area contributed by atoms with Crippen LogP contribution in [0.1, 0.15) is 55.7 Å². The molecule has 0 aliphatic rings. The Kier molecular flexibility index (Phi) is 15.6. The summed E-state index contributed by atoms with van der Waals surface area (Å²) < 4.78 is 45.7. The molecule has 0 aromatic heterocycles. The molecule has 0 heterocycles. The molecule has 30 heavy (non-hydrogen) atoms. The van der Waals surface area contributed by atoms with E-state index in [0.717, 1.165) is 19.3 Å². The SMILES string of the molecule is C=C(C)C(=O)OCC(CCCCCC)(COC(=O)C(=C)C)C(=O)OCS(=O)(=O)O.[Ca+2].[H-].[H-]. The van der Waals surface area contributed by atoms with Gasteiger partial charge in [0.1, 0.15) is 18.6 Å². The van der Waals surface area contributed by atoms with E-state index in [-0.39, 0.29) is 58.2 Å². The van der Waals surface area contributed by atoms with Gasteiger partial charge in [-0.05, 0) is 20.3 Å². The fourth-order valence-corrected chi connectivity index (χ4v) is 2.49. The summed E-state index contributed by atoms with van der Waals surface area (Å²) in [5.41, 5.74) is -1.46. The molecule has 0 aromatic carbocycles. The van der Waals surface area contributed by atoms with Crippen molar-refractivity contribution in [1.29, 1.82) is 0 Å². The molecule has 0 atom stereocenters. The number of rotatable bonds is 14. The first kappa shape index (κ1) is 31.2. The fourth-order valence-electron chi connectivity index (χ4n) is 2.23. The van der Waals surface area contributed by atoms with E-state index >= 15 is 0 Å². The van der Waals surface area contributed by atoms with Gasteiger partial charge >= 0.3 is 65.8 Å². The van der Waals surface area contributed by atoms with Crippen molar-refractivity contribution in [3.05, 3.63) is 24.3 Å². The van der Waals surface area contributed by atoms with Gasteiger partial charge in [-0.25, -0.2) is 9.59 Å². The molecule has 0 unspecified atom stereocenters. The molecule has 11 heteroatoms. The van der Waals surface area contributed by atoms with E-state index < -0.39 is 52.6 Å². The summed E-state index contributed by atoms with van der Waals surface area (Å²) in [6.45, 7) is 10.7. The Bertz CT molecular complexity index is 709. The van der Waals surface area contributed by atoms with Gasteiger partial charge in [0.25, 0.3) is 0 Å². The molecule has 9 nitrogen and oxygen atoms in total. The molecule has 1 N–H and O–H groups in total. The zero-order valence-electron chi connectivity index (χ0n) is 19.9. The predicted molar refractivity (Wildman–Crippen MR) is 113 cm³/mol. The Labute approximate surface area is 210 Å². The van der Waals surface area contributed by atoms with Gasteiger partial charge < -0.3 is 17.1 Å². The van der Waals surface area contributed by atoms with Gasteiger partial charge in [0.2, 0.25) is 5.94 Å². The van der Waals surface area contributed by atoms with Crippen molar-refractivity contribution in [2.45, 2.75) is 52.9 Å². The van der Waals surface area contributed by atoms with Crippen LogP contribution in [0.25, 0.3) is 0 Å². The van der Waals surface area contributed by atoms with E-state index in [1.165, 1.54) is 13.8 Å². The van der Waals surface area contributed by atoms with E-state index in [1.807, 2.05) is 6.92 Å². The first-order chi connectivity index (χ1) is 13.3. The van der Waals surface area contributed by atoms with Crippen molar-refractivity contribution >= 4 is 65.8 Å². The third-order valence-electron chi connectivity index (χ3n) is 3.94. The van der Waals surface area contributed by atoms with Crippen molar-refractivity contribution < 1.29 is 44.4 Å². The van der Waals surface area contributed by atoms with Crippen LogP contribution in [0.15, 0.2) is 24.3 Å². The number of unbranched alkanes of at least 4 members (excludes halogenated alkanes) is 3. The number of ether oxygens (including phenoxy) is 3. The molecule has 0 bridgehead atoms. The van der Waals surface area contributed by atoms with E-state index in [0.29, 0.717) is 6.42 Å².